The number of ether oxygens (including phenoxy) is 2. The molecule has 0 saturated carbocycles. The summed E-state index contributed by atoms with van der Waals surface area (Å²) in [6, 6.07) is 8.80. The SMILES string of the molecule is CCOC(=O)CCC(=O)N(CC#N)c1cccc(OC)c1. The van der Waals surface area contributed by atoms with Crippen LogP contribution in [0.25, 0.3) is 0 Å². The number of hydrogen-bond donors (Lipinski definition) is 0. The molecule has 1 amide bonds. The van der Waals surface area contributed by atoms with Gasteiger partial charge in [-0.2, -0.15) is 5.26 Å². The lowest BCUT2D eigenvalue weighted by Gasteiger charge is -2.20. The van der Waals surface area contributed by atoms with E-state index in [1.165, 1.54) is 12.0 Å². The van der Waals surface area contributed by atoms with Crippen LogP contribution in [-0.2, 0) is 14.3 Å². The lowest BCUT2D eigenvalue weighted by atomic mass is 10.2. The molecule has 1 rings (SSSR count). The first-order chi connectivity index (χ1) is 10.1. The number of esters is 1. The average molecular weight is 290 g/mol. The smallest absolute Gasteiger partial charge is 0.306 e. The third-order valence-electron chi connectivity index (χ3n) is 2.74. The van der Waals surface area contributed by atoms with Crippen LogP contribution in [0.15, 0.2) is 24.3 Å². The summed E-state index contributed by atoms with van der Waals surface area (Å²) in [6.45, 7) is 1.90. The molecule has 1 aromatic rings. The Morgan fingerprint density at radius 2 is 2.10 bits per heavy atom. The van der Waals surface area contributed by atoms with Gasteiger partial charge >= 0.3 is 5.97 Å². The number of nitrogens with zero attached hydrogens (tertiary/aromatic N) is 2. The van der Waals surface area contributed by atoms with Gasteiger partial charge in [0, 0.05) is 18.2 Å². The normalized spacial score (nSPS) is 9.57. The van der Waals surface area contributed by atoms with E-state index in [0.29, 0.717) is 11.4 Å². The number of anilines is 1. The average Bonchev–Trinajstić information content (AvgIpc) is 2.50. The quantitative estimate of drug-likeness (QED) is 0.566. The summed E-state index contributed by atoms with van der Waals surface area (Å²) in [7, 11) is 1.52. The first kappa shape index (κ1) is 16.5. The third-order valence-corrected chi connectivity index (χ3v) is 2.74. The summed E-state index contributed by atoms with van der Waals surface area (Å²) in [5, 5.41) is 8.87. The van der Waals surface area contributed by atoms with Crippen molar-refractivity contribution in [1.29, 1.82) is 5.26 Å². The fraction of sp³-hybridized carbons (Fsp3) is 0.400. The van der Waals surface area contributed by atoms with E-state index >= 15 is 0 Å². The standard InChI is InChI=1S/C15H18N2O4/c1-3-21-15(19)8-7-14(18)17(10-9-16)12-5-4-6-13(11-12)20-2/h4-6,11H,3,7-8,10H2,1-2H3. The molecule has 6 nitrogen and oxygen atoms in total. The Balaban J connectivity index is 2.78. The Bertz CT molecular complexity index is 537. The zero-order chi connectivity index (χ0) is 15.7. The van der Waals surface area contributed by atoms with Crippen molar-refractivity contribution < 1.29 is 19.1 Å². The predicted molar refractivity (Wildman–Crippen MR) is 76.8 cm³/mol. The van der Waals surface area contributed by atoms with Crippen molar-refractivity contribution in [3.8, 4) is 11.8 Å². The maximum atomic E-state index is 12.2. The molecular weight excluding hydrogens is 272 g/mol. The van der Waals surface area contributed by atoms with Crippen LogP contribution >= 0.6 is 0 Å². The summed E-state index contributed by atoms with van der Waals surface area (Å²) in [5.74, 6) is -0.139. The Kier molecular flexibility index (Phi) is 6.75. The summed E-state index contributed by atoms with van der Waals surface area (Å²) < 4.78 is 9.88. The van der Waals surface area contributed by atoms with Crippen molar-refractivity contribution in [2.24, 2.45) is 0 Å². The van der Waals surface area contributed by atoms with Gasteiger partial charge in [-0.1, -0.05) is 6.07 Å². The predicted octanol–water partition coefficient (Wildman–Crippen LogP) is 1.90. The molecule has 0 aliphatic heterocycles. The molecular formula is C15H18N2O4. The van der Waals surface area contributed by atoms with Crippen molar-refractivity contribution in [1.82, 2.24) is 0 Å². The molecule has 0 bridgehead atoms. The molecule has 112 valence electrons. The molecule has 0 N–H and O–H groups in total. The number of carbonyl (C=O) groups excluding carboxylic acids is 2. The number of nitriles is 1. The molecule has 0 aromatic heterocycles. The number of methoxy groups -OCH3 is 1. The zero-order valence-corrected chi connectivity index (χ0v) is 12.2. The maximum Gasteiger partial charge on any atom is 0.306 e. The number of carbonyl (C=O) groups is 2. The summed E-state index contributed by atoms with van der Waals surface area (Å²) in [5.41, 5.74) is 0.560. The number of amides is 1. The van der Waals surface area contributed by atoms with Crippen LogP contribution in [0.3, 0.4) is 0 Å². The number of hydrogen-bond acceptors (Lipinski definition) is 5. The van der Waals surface area contributed by atoms with Gasteiger partial charge in [0.1, 0.15) is 12.3 Å². The van der Waals surface area contributed by atoms with Crippen LogP contribution in [0, 0.1) is 11.3 Å². The highest BCUT2D eigenvalue weighted by Gasteiger charge is 2.17. The lowest BCUT2D eigenvalue weighted by Crippen LogP contribution is -2.31. The van der Waals surface area contributed by atoms with E-state index < -0.39 is 5.97 Å². The molecule has 0 aliphatic carbocycles. The van der Waals surface area contributed by atoms with E-state index in [4.69, 9.17) is 14.7 Å². The van der Waals surface area contributed by atoms with Crippen LogP contribution in [0.2, 0.25) is 0 Å². The highest BCUT2D eigenvalue weighted by atomic mass is 16.5. The molecule has 0 atom stereocenters. The van der Waals surface area contributed by atoms with Gasteiger partial charge in [0.25, 0.3) is 0 Å². The Hall–Kier alpha value is -2.55. The highest BCUT2D eigenvalue weighted by Crippen LogP contribution is 2.21. The van der Waals surface area contributed by atoms with Crippen LogP contribution in [0.4, 0.5) is 5.69 Å². The molecule has 6 heteroatoms. The third kappa shape index (κ3) is 5.15. The van der Waals surface area contributed by atoms with Crippen molar-refractivity contribution >= 4 is 17.6 Å². The van der Waals surface area contributed by atoms with Crippen molar-refractivity contribution in [2.75, 3.05) is 25.2 Å². The minimum Gasteiger partial charge on any atom is -0.497 e. The minimum atomic E-state index is -0.423. The fourth-order valence-electron chi connectivity index (χ4n) is 1.75. The van der Waals surface area contributed by atoms with Crippen LogP contribution in [0.5, 0.6) is 5.75 Å². The molecule has 0 heterocycles. The van der Waals surface area contributed by atoms with E-state index in [1.807, 2.05) is 6.07 Å². The second kappa shape index (κ2) is 8.59. The van der Waals surface area contributed by atoms with E-state index in [9.17, 15) is 9.59 Å². The molecule has 0 fully saturated rings. The van der Waals surface area contributed by atoms with Crippen molar-refractivity contribution in [3.05, 3.63) is 24.3 Å². The lowest BCUT2D eigenvalue weighted by molar-refractivity contribution is -0.144. The largest absolute Gasteiger partial charge is 0.497 e. The Morgan fingerprint density at radius 3 is 2.71 bits per heavy atom. The molecule has 0 radical (unpaired) electrons. The van der Waals surface area contributed by atoms with Crippen LogP contribution in [-0.4, -0.2) is 32.1 Å². The minimum absolute atomic E-state index is 0.00142. The van der Waals surface area contributed by atoms with Crippen molar-refractivity contribution in [2.45, 2.75) is 19.8 Å². The summed E-state index contributed by atoms with van der Waals surface area (Å²) in [6.07, 6.45) is -0.00368. The van der Waals surface area contributed by atoms with Crippen LogP contribution in [0.1, 0.15) is 19.8 Å². The second-order valence-electron chi connectivity index (χ2n) is 4.14. The summed E-state index contributed by atoms with van der Waals surface area (Å²) in [4.78, 5) is 24.8. The van der Waals surface area contributed by atoms with E-state index in [2.05, 4.69) is 0 Å². The van der Waals surface area contributed by atoms with Crippen LogP contribution < -0.4 is 9.64 Å². The molecule has 0 saturated heterocycles. The number of benzene rings is 1. The Labute approximate surface area is 123 Å². The van der Waals surface area contributed by atoms with Gasteiger partial charge in [-0.15, -0.1) is 0 Å². The van der Waals surface area contributed by atoms with Gasteiger partial charge in [-0.25, -0.2) is 0 Å². The maximum absolute atomic E-state index is 12.2. The number of rotatable bonds is 7. The first-order valence-corrected chi connectivity index (χ1v) is 6.59. The fourth-order valence-corrected chi connectivity index (χ4v) is 1.75. The first-order valence-electron chi connectivity index (χ1n) is 6.59. The molecule has 0 spiro atoms. The highest BCUT2D eigenvalue weighted by molar-refractivity contribution is 5.95. The zero-order valence-electron chi connectivity index (χ0n) is 12.2. The van der Waals surface area contributed by atoms with E-state index in [0.717, 1.165) is 0 Å². The molecule has 0 aliphatic rings. The van der Waals surface area contributed by atoms with E-state index in [-0.39, 0.29) is 31.9 Å². The molecule has 0 unspecified atom stereocenters. The van der Waals surface area contributed by atoms with Crippen molar-refractivity contribution in [3.63, 3.8) is 0 Å². The van der Waals surface area contributed by atoms with E-state index in [1.54, 1.807) is 31.2 Å². The molecule has 1 aromatic carbocycles. The van der Waals surface area contributed by atoms with Gasteiger partial charge in [0.15, 0.2) is 0 Å². The van der Waals surface area contributed by atoms with Gasteiger partial charge in [0.2, 0.25) is 5.91 Å². The monoisotopic (exact) mass is 290 g/mol. The Morgan fingerprint density at radius 1 is 1.33 bits per heavy atom. The van der Waals surface area contributed by atoms with Gasteiger partial charge < -0.3 is 9.47 Å². The van der Waals surface area contributed by atoms with Gasteiger partial charge in [-0.3, -0.25) is 14.5 Å². The van der Waals surface area contributed by atoms with Gasteiger partial charge in [-0.05, 0) is 19.1 Å². The summed E-state index contributed by atoms with van der Waals surface area (Å²) >= 11 is 0. The topological polar surface area (TPSA) is 79.6 Å². The van der Waals surface area contributed by atoms with Gasteiger partial charge in [0.05, 0.1) is 26.2 Å². The second-order valence-corrected chi connectivity index (χ2v) is 4.14. The molecule has 21 heavy (non-hydrogen) atoms.